The van der Waals surface area contributed by atoms with Crippen molar-refractivity contribution in [2.75, 3.05) is 32.2 Å². The molecule has 0 aromatic heterocycles. The number of rotatable bonds is 4. The number of amides is 1. The van der Waals surface area contributed by atoms with Gasteiger partial charge < -0.3 is 9.64 Å². The summed E-state index contributed by atoms with van der Waals surface area (Å²) in [5, 5.41) is 0. The summed E-state index contributed by atoms with van der Waals surface area (Å²) in [6.45, 7) is 0.928. The van der Waals surface area contributed by atoms with Crippen molar-refractivity contribution in [1.82, 2.24) is 4.31 Å². The van der Waals surface area contributed by atoms with E-state index in [1.807, 2.05) is 0 Å². The molecule has 22 heavy (non-hydrogen) atoms. The first kappa shape index (κ1) is 15.5. The molecule has 1 amide bonds. The molecule has 0 radical (unpaired) electrons. The lowest BCUT2D eigenvalue weighted by Gasteiger charge is -2.23. The highest BCUT2D eigenvalue weighted by Gasteiger charge is 2.36. The van der Waals surface area contributed by atoms with Gasteiger partial charge in [0, 0.05) is 32.4 Å². The highest BCUT2D eigenvalue weighted by molar-refractivity contribution is 7.89. The molecule has 1 fully saturated rings. The molecule has 7 heteroatoms. The second-order valence-electron chi connectivity index (χ2n) is 5.79. The first-order valence-electron chi connectivity index (χ1n) is 7.35. The Morgan fingerprint density at radius 1 is 1.36 bits per heavy atom. The zero-order valence-corrected chi connectivity index (χ0v) is 13.6. The fourth-order valence-corrected chi connectivity index (χ4v) is 4.96. The Hall–Kier alpha value is -1.44. The Morgan fingerprint density at radius 2 is 2.14 bits per heavy atom. The number of anilines is 1. The molecule has 3 rings (SSSR count). The average Bonchev–Trinajstić information content (AvgIpc) is 3.05. The van der Waals surface area contributed by atoms with Crippen molar-refractivity contribution in [3.05, 3.63) is 23.8 Å². The van der Waals surface area contributed by atoms with Crippen LogP contribution in [0.2, 0.25) is 0 Å². The van der Waals surface area contributed by atoms with Crippen LogP contribution in [-0.4, -0.2) is 52.0 Å². The number of nitrogens with zero attached hydrogens (tertiary/aromatic N) is 2. The highest BCUT2D eigenvalue weighted by atomic mass is 32.2. The van der Waals surface area contributed by atoms with Gasteiger partial charge in [0.15, 0.2) is 0 Å². The number of hydrogen-bond acceptors (Lipinski definition) is 4. The molecular formula is C15H20N2O4S. The Morgan fingerprint density at radius 3 is 2.86 bits per heavy atom. The molecule has 0 bridgehead atoms. The minimum absolute atomic E-state index is 0.0111. The fourth-order valence-electron chi connectivity index (χ4n) is 3.23. The van der Waals surface area contributed by atoms with E-state index in [2.05, 4.69) is 0 Å². The van der Waals surface area contributed by atoms with E-state index in [-0.39, 0.29) is 23.3 Å². The lowest BCUT2D eigenvalue weighted by Crippen LogP contribution is -2.38. The second-order valence-corrected chi connectivity index (χ2v) is 7.68. The van der Waals surface area contributed by atoms with E-state index in [1.165, 1.54) is 4.31 Å². The number of carbonyl (C=O) groups is 1. The summed E-state index contributed by atoms with van der Waals surface area (Å²) in [6, 6.07) is 4.83. The number of benzene rings is 1. The van der Waals surface area contributed by atoms with E-state index in [9.17, 15) is 13.2 Å². The van der Waals surface area contributed by atoms with Crippen molar-refractivity contribution in [3.8, 4) is 0 Å². The van der Waals surface area contributed by atoms with Crippen LogP contribution in [0.4, 0.5) is 5.69 Å². The van der Waals surface area contributed by atoms with Gasteiger partial charge in [-0.1, -0.05) is 0 Å². The molecule has 2 aliphatic heterocycles. The molecule has 1 saturated heterocycles. The monoisotopic (exact) mass is 324 g/mol. The van der Waals surface area contributed by atoms with Crippen LogP contribution in [0.1, 0.15) is 18.4 Å². The molecule has 1 unspecified atom stereocenters. The maximum absolute atomic E-state index is 12.9. The van der Waals surface area contributed by atoms with Crippen LogP contribution < -0.4 is 4.90 Å². The molecule has 0 spiro atoms. The molecule has 1 atom stereocenters. The van der Waals surface area contributed by atoms with Gasteiger partial charge in [0.25, 0.3) is 0 Å². The fraction of sp³-hybridized carbons (Fsp3) is 0.533. The SMILES string of the molecule is COCC1CCCN1S(=O)(=O)c1ccc2c(c1)CC(=O)N2C. The average molecular weight is 324 g/mol. The zero-order valence-electron chi connectivity index (χ0n) is 12.8. The van der Waals surface area contributed by atoms with Crippen molar-refractivity contribution >= 4 is 21.6 Å². The maximum Gasteiger partial charge on any atom is 0.243 e. The number of carbonyl (C=O) groups excluding carboxylic acids is 1. The topological polar surface area (TPSA) is 66.9 Å². The number of likely N-dealkylation sites (N-methyl/N-ethyl adjacent to an activating group) is 1. The third-order valence-electron chi connectivity index (χ3n) is 4.42. The summed E-state index contributed by atoms with van der Waals surface area (Å²) in [7, 11) is -0.254. The molecule has 6 nitrogen and oxygen atoms in total. The van der Waals surface area contributed by atoms with Crippen molar-refractivity contribution < 1.29 is 17.9 Å². The number of hydrogen-bond donors (Lipinski definition) is 0. The molecule has 2 aliphatic rings. The van der Waals surface area contributed by atoms with Gasteiger partial charge >= 0.3 is 0 Å². The van der Waals surface area contributed by atoms with Crippen molar-refractivity contribution in [2.45, 2.75) is 30.2 Å². The third kappa shape index (κ3) is 2.43. The number of methoxy groups -OCH3 is 1. The second kappa shape index (κ2) is 5.64. The number of ether oxygens (including phenoxy) is 1. The van der Waals surface area contributed by atoms with Crippen LogP contribution >= 0.6 is 0 Å². The van der Waals surface area contributed by atoms with Crippen LogP contribution in [0.5, 0.6) is 0 Å². The first-order chi connectivity index (χ1) is 10.4. The van der Waals surface area contributed by atoms with Gasteiger partial charge in [0.2, 0.25) is 15.9 Å². The molecule has 0 saturated carbocycles. The first-order valence-corrected chi connectivity index (χ1v) is 8.79. The minimum Gasteiger partial charge on any atom is -0.383 e. The van der Waals surface area contributed by atoms with Crippen LogP contribution in [0.3, 0.4) is 0 Å². The lowest BCUT2D eigenvalue weighted by molar-refractivity contribution is -0.117. The van der Waals surface area contributed by atoms with Crippen molar-refractivity contribution in [2.24, 2.45) is 0 Å². The summed E-state index contributed by atoms with van der Waals surface area (Å²) < 4.78 is 32.4. The summed E-state index contributed by atoms with van der Waals surface area (Å²) in [5.41, 5.74) is 1.56. The summed E-state index contributed by atoms with van der Waals surface area (Å²) >= 11 is 0. The molecule has 0 N–H and O–H groups in total. The Kier molecular flexibility index (Phi) is 3.96. The normalized spacial score (nSPS) is 22.4. The standard InChI is InChI=1S/C15H20N2O4S/c1-16-14-6-5-13(8-11(14)9-15(16)18)22(19,20)17-7-3-4-12(17)10-21-2/h5-6,8,12H,3-4,7,9-10H2,1-2H3. The van der Waals surface area contributed by atoms with Gasteiger partial charge in [0.1, 0.15) is 0 Å². The minimum atomic E-state index is -3.54. The predicted molar refractivity (Wildman–Crippen MR) is 82.3 cm³/mol. The van der Waals surface area contributed by atoms with Crippen molar-refractivity contribution in [1.29, 1.82) is 0 Å². The largest absolute Gasteiger partial charge is 0.383 e. The molecule has 1 aromatic carbocycles. The third-order valence-corrected chi connectivity index (χ3v) is 6.36. The molecule has 2 heterocycles. The van der Waals surface area contributed by atoms with E-state index in [0.717, 1.165) is 24.1 Å². The summed E-state index contributed by atoms with van der Waals surface area (Å²) in [4.78, 5) is 13.6. The zero-order chi connectivity index (χ0) is 15.9. The molecule has 1 aromatic rings. The van der Waals surface area contributed by atoms with Gasteiger partial charge in [-0.15, -0.1) is 0 Å². The Bertz CT molecular complexity index is 701. The smallest absolute Gasteiger partial charge is 0.243 e. The molecule has 0 aliphatic carbocycles. The molecular weight excluding hydrogens is 304 g/mol. The van der Waals surface area contributed by atoms with Crippen LogP contribution in [-0.2, 0) is 26.0 Å². The van der Waals surface area contributed by atoms with Gasteiger partial charge in [-0.3, -0.25) is 4.79 Å². The maximum atomic E-state index is 12.9. The van der Waals surface area contributed by atoms with Gasteiger partial charge in [-0.25, -0.2) is 8.42 Å². The summed E-state index contributed by atoms with van der Waals surface area (Å²) in [6.07, 6.45) is 1.93. The van der Waals surface area contributed by atoms with Crippen LogP contribution in [0, 0.1) is 0 Å². The van der Waals surface area contributed by atoms with E-state index >= 15 is 0 Å². The summed E-state index contributed by atoms with van der Waals surface area (Å²) in [5.74, 6) is -0.0111. The quantitative estimate of drug-likeness (QED) is 0.829. The lowest BCUT2D eigenvalue weighted by atomic mass is 10.2. The van der Waals surface area contributed by atoms with Gasteiger partial charge in [-0.05, 0) is 36.6 Å². The Labute approximate surface area is 130 Å². The highest BCUT2D eigenvalue weighted by Crippen LogP contribution is 2.32. The van der Waals surface area contributed by atoms with Gasteiger partial charge in [0.05, 0.1) is 17.9 Å². The molecule has 120 valence electrons. The van der Waals surface area contributed by atoms with E-state index < -0.39 is 10.0 Å². The Balaban J connectivity index is 1.94. The van der Waals surface area contributed by atoms with E-state index in [0.29, 0.717) is 13.2 Å². The number of sulfonamides is 1. The van der Waals surface area contributed by atoms with Crippen molar-refractivity contribution in [3.63, 3.8) is 0 Å². The van der Waals surface area contributed by atoms with E-state index in [1.54, 1.807) is 37.3 Å². The predicted octanol–water partition coefficient (Wildman–Crippen LogP) is 1.01. The van der Waals surface area contributed by atoms with Crippen LogP contribution in [0.15, 0.2) is 23.1 Å². The number of fused-ring (bicyclic) bond motifs is 1. The van der Waals surface area contributed by atoms with Gasteiger partial charge in [-0.2, -0.15) is 4.31 Å². The van der Waals surface area contributed by atoms with Crippen LogP contribution in [0.25, 0.3) is 0 Å². The van der Waals surface area contributed by atoms with E-state index in [4.69, 9.17) is 4.74 Å².